The molecular weight excluding hydrogens is 385 g/mol. The van der Waals surface area contributed by atoms with Crippen LogP contribution in [0.15, 0.2) is 59.8 Å². The van der Waals surface area contributed by atoms with E-state index in [1.807, 2.05) is 0 Å². The molecule has 3 heterocycles. The summed E-state index contributed by atoms with van der Waals surface area (Å²) < 4.78 is 40.3. The number of hydrogen-bond acceptors (Lipinski definition) is 5. The minimum Gasteiger partial charge on any atom is -0.361 e. The Morgan fingerprint density at radius 1 is 1.14 bits per heavy atom. The number of aromatic nitrogens is 5. The first-order valence-electron chi connectivity index (χ1n) is 8.65. The summed E-state index contributed by atoms with van der Waals surface area (Å²) in [6.45, 7) is 1.03. The molecule has 4 aromatic rings. The smallest absolute Gasteiger partial charge is 0.361 e. The Hall–Kier alpha value is -3.69. The summed E-state index contributed by atoms with van der Waals surface area (Å²) in [5.74, 6) is 0.349. The van der Waals surface area contributed by atoms with Crippen molar-refractivity contribution in [1.82, 2.24) is 24.7 Å². The fourth-order valence-corrected chi connectivity index (χ4v) is 2.97. The molecule has 3 aromatic heterocycles. The minimum atomic E-state index is -4.45. The van der Waals surface area contributed by atoms with Gasteiger partial charge in [-0.05, 0) is 31.2 Å². The van der Waals surface area contributed by atoms with Crippen LogP contribution in [0, 0.1) is 0 Å². The summed E-state index contributed by atoms with van der Waals surface area (Å²) >= 11 is 0. The second-order valence-corrected chi connectivity index (χ2v) is 6.38. The van der Waals surface area contributed by atoms with Crippen LogP contribution in [0.3, 0.4) is 0 Å². The van der Waals surface area contributed by atoms with Gasteiger partial charge in [0.25, 0.3) is 0 Å². The minimum absolute atomic E-state index is 0.00533. The zero-order valence-electron chi connectivity index (χ0n) is 15.1. The fourth-order valence-electron chi connectivity index (χ4n) is 2.97. The third-order valence-corrected chi connectivity index (χ3v) is 4.49. The molecule has 148 valence electrons. The lowest BCUT2D eigenvalue weighted by Crippen LogP contribution is -2.24. The number of alkyl halides is 3. The third kappa shape index (κ3) is 3.56. The van der Waals surface area contributed by atoms with Crippen LogP contribution in [0.25, 0.3) is 22.4 Å². The van der Waals surface area contributed by atoms with E-state index in [4.69, 9.17) is 0 Å². The highest BCUT2D eigenvalue weighted by Gasteiger charge is 2.38. The third-order valence-electron chi connectivity index (χ3n) is 4.49. The van der Waals surface area contributed by atoms with Gasteiger partial charge in [-0.3, -0.25) is 4.79 Å². The van der Waals surface area contributed by atoms with Gasteiger partial charge in [-0.2, -0.15) is 13.2 Å². The van der Waals surface area contributed by atoms with E-state index in [2.05, 4.69) is 25.5 Å². The molecule has 0 bridgehead atoms. The fraction of sp³-hybridized carbons (Fsp3) is 0.158. The highest BCUT2D eigenvalue weighted by atomic mass is 19.4. The highest BCUT2D eigenvalue weighted by Crippen LogP contribution is 2.32. The summed E-state index contributed by atoms with van der Waals surface area (Å²) in [4.78, 5) is 19.6. The Balaban J connectivity index is 1.72. The molecule has 29 heavy (non-hydrogen) atoms. The van der Waals surface area contributed by atoms with Gasteiger partial charge in [-0.25, -0.2) is 4.98 Å². The van der Waals surface area contributed by atoms with Gasteiger partial charge in [0.05, 0.1) is 16.6 Å². The summed E-state index contributed by atoms with van der Waals surface area (Å²) in [6, 6.07) is 9.70. The SMILES string of the molecule is CC(n1cnnc1-c1cccc(Nc2cccc3[nH]ccc(=O)c23)n1)C(F)(F)F. The van der Waals surface area contributed by atoms with E-state index >= 15 is 0 Å². The van der Waals surface area contributed by atoms with Crippen molar-refractivity contribution in [3.05, 3.63) is 65.2 Å². The molecule has 0 radical (unpaired) electrons. The summed E-state index contributed by atoms with van der Waals surface area (Å²) in [7, 11) is 0. The molecule has 0 fully saturated rings. The van der Waals surface area contributed by atoms with Gasteiger partial charge in [0.2, 0.25) is 0 Å². The van der Waals surface area contributed by atoms with Crippen LogP contribution < -0.4 is 10.7 Å². The van der Waals surface area contributed by atoms with Gasteiger partial charge in [0.1, 0.15) is 23.9 Å². The molecule has 2 N–H and O–H groups in total. The van der Waals surface area contributed by atoms with Crippen molar-refractivity contribution in [2.45, 2.75) is 19.1 Å². The van der Waals surface area contributed by atoms with Crippen LogP contribution in [0.5, 0.6) is 0 Å². The number of rotatable bonds is 4. The molecule has 0 aliphatic heterocycles. The van der Waals surface area contributed by atoms with Crippen molar-refractivity contribution in [3.8, 4) is 11.5 Å². The van der Waals surface area contributed by atoms with Gasteiger partial charge in [-0.1, -0.05) is 12.1 Å². The monoisotopic (exact) mass is 400 g/mol. The van der Waals surface area contributed by atoms with Gasteiger partial charge in [0, 0.05) is 12.3 Å². The van der Waals surface area contributed by atoms with E-state index in [-0.39, 0.29) is 16.9 Å². The number of anilines is 2. The van der Waals surface area contributed by atoms with Crippen LogP contribution in [0.4, 0.5) is 24.7 Å². The number of fused-ring (bicyclic) bond motifs is 1. The van der Waals surface area contributed by atoms with Crippen LogP contribution in [-0.2, 0) is 0 Å². The topological polar surface area (TPSA) is 88.5 Å². The van der Waals surface area contributed by atoms with Gasteiger partial charge < -0.3 is 14.9 Å². The molecule has 0 aliphatic rings. The van der Waals surface area contributed by atoms with Crippen molar-refractivity contribution in [2.75, 3.05) is 5.32 Å². The van der Waals surface area contributed by atoms with Crippen molar-refractivity contribution in [2.24, 2.45) is 0 Å². The normalized spacial score (nSPS) is 12.8. The molecule has 7 nitrogen and oxygen atoms in total. The number of aromatic amines is 1. The number of H-pyrrole nitrogens is 1. The zero-order valence-corrected chi connectivity index (χ0v) is 15.1. The molecule has 0 amide bonds. The van der Waals surface area contributed by atoms with Crippen LogP contribution in [0.1, 0.15) is 13.0 Å². The van der Waals surface area contributed by atoms with E-state index in [0.29, 0.717) is 22.4 Å². The maximum atomic E-state index is 13.1. The molecule has 1 unspecified atom stereocenters. The number of pyridine rings is 2. The van der Waals surface area contributed by atoms with Gasteiger partial charge in [-0.15, -0.1) is 10.2 Å². The Morgan fingerprint density at radius 2 is 1.93 bits per heavy atom. The van der Waals surface area contributed by atoms with Crippen LogP contribution >= 0.6 is 0 Å². The molecule has 0 spiro atoms. The number of halogens is 3. The molecule has 0 saturated heterocycles. The lowest BCUT2D eigenvalue weighted by molar-refractivity contribution is -0.162. The van der Waals surface area contributed by atoms with E-state index in [1.165, 1.54) is 6.07 Å². The predicted molar refractivity (Wildman–Crippen MR) is 102 cm³/mol. The van der Waals surface area contributed by atoms with Crippen molar-refractivity contribution in [1.29, 1.82) is 0 Å². The molecule has 1 atom stereocenters. The average molecular weight is 400 g/mol. The number of nitrogens with one attached hydrogen (secondary N) is 2. The largest absolute Gasteiger partial charge is 0.408 e. The second kappa shape index (κ2) is 7.04. The molecular formula is C19H15F3N6O. The van der Waals surface area contributed by atoms with Crippen molar-refractivity contribution >= 4 is 22.4 Å². The average Bonchev–Trinajstić information content (AvgIpc) is 3.17. The summed E-state index contributed by atoms with van der Waals surface area (Å²) in [5.41, 5.74) is 1.23. The number of nitrogens with zero attached hydrogens (tertiary/aromatic N) is 4. The van der Waals surface area contributed by atoms with Crippen LogP contribution in [-0.4, -0.2) is 30.9 Å². The Bertz CT molecular complexity index is 1230. The Labute approximate surface area is 162 Å². The highest BCUT2D eigenvalue weighted by molar-refractivity contribution is 5.92. The predicted octanol–water partition coefficient (Wildman–Crippen LogP) is 4.05. The lowest BCUT2D eigenvalue weighted by Gasteiger charge is -2.18. The zero-order chi connectivity index (χ0) is 20.6. The first-order chi connectivity index (χ1) is 13.8. The Morgan fingerprint density at radius 3 is 2.72 bits per heavy atom. The first-order valence-corrected chi connectivity index (χ1v) is 8.65. The summed E-state index contributed by atoms with van der Waals surface area (Å²) in [6.07, 6.45) is -1.86. The molecule has 0 aliphatic carbocycles. The number of benzene rings is 1. The quantitative estimate of drug-likeness (QED) is 0.540. The molecule has 1 aromatic carbocycles. The molecule has 4 rings (SSSR count). The van der Waals surface area contributed by atoms with Gasteiger partial charge in [0.15, 0.2) is 11.3 Å². The van der Waals surface area contributed by atoms with E-state index < -0.39 is 12.2 Å². The van der Waals surface area contributed by atoms with Gasteiger partial charge >= 0.3 is 6.18 Å². The molecule has 0 saturated carbocycles. The lowest BCUT2D eigenvalue weighted by atomic mass is 10.1. The maximum Gasteiger partial charge on any atom is 0.408 e. The van der Waals surface area contributed by atoms with E-state index in [9.17, 15) is 18.0 Å². The maximum absolute atomic E-state index is 13.1. The number of hydrogen-bond donors (Lipinski definition) is 2. The van der Waals surface area contributed by atoms with E-state index in [0.717, 1.165) is 17.8 Å². The standard InChI is InChI=1S/C19H15F3N6O/c1-11(19(20,21)22)28-10-24-27-18(28)14-6-3-7-16(26-14)25-13-5-2-4-12-17(13)15(29)8-9-23-12/h2-11H,1H3,(H,23,29)(H,25,26). The second-order valence-electron chi connectivity index (χ2n) is 6.38. The van der Waals surface area contributed by atoms with Crippen molar-refractivity contribution < 1.29 is 13.2 Å². The van der Waals surface area contributed by atoms with Crippen molar-refractivity contribution in [3.63, 3.8) is 0 Å². The summed E-state index contributed by atoms with van der Waals surface area (Å²) in [5, 5.41) is 10.9. The van der Waals surface area contributed by atoms with E-state index in [1.54, 1.807) is 42.6 Å². The first kappa shape index (κ1) is 18.7. The molecule has 10 heteroatoms. The van der Waals surface area contributed by atoms with Crippen LogP contribution in [0.2, 0.25) is 0 Å². The Kier molecular flexibility index (Phi) is 4.53.